The van der Waals surface area contributed by atoms with Gasteiger partial charge in [0.1, 0.15) is 0 Å². The average molecular weight is 321 g/mol. The van der Waals surface area contributed by atoms with Crippen molar-refractivity contribution in [1.29, 1.82) is 0 Å². The minimum Gasteiger partial charge on any atom is -0.393 e. The Kier molecular flexibility index (Phi) is 4.08. The van der Waals surface area contributed by atoms with Crippen molar-refractivity contribution in [3.63, 3.8) is 0 Å². The number of aliphatic hydroxyl groups is 1. The van der Waals surface area contributed by atoms with Crippen LogP contribution in [0.5, 0.6) is 0 Å². The van der Waals surface area contributed by atoms with Gasteiger partial charge in [-0.15, -0.1) is 0 Å². The number of ether oxygens (including phenoxy) is 1. The molecule has 0 amide bonds. The monoisotopic (exact) mass is 320 g/mol. The minimum absolute atomic E-state index is 0.00581. The molecule has 4 saturated carbocycles. The first kappa shape index (κ1) is 16.4. The van der Waals surface area contributed by atoms with Crippen LogP contribution < -0.4 is 0 Å². The summed E-state index contributed by atoms with van der Waals surface area (Å²) in [5, 5.41) is 10.00. The van der Waals surface area contributed by atoms with Crippen LogP contribution in [-0.4, -0.2) is 23.4 Å². The molecular formula is C21H36O2. The van der Waals surface area contributed by atoms with E-state index in [1.54, 1.807) is 0 Å². The average Bonchev–Trinajstić information content (AvgIpc) is 3.29. The highest BCUT2D eigenvalue weighted by molar-refractivity contribution is 5.17. The number of aliphatic hydroxyl groups excluding tert-OH is 1. The highest BCUT2D eigenvalue weighted by Crippen LogP contribution is 2.68. The third-order valence-electron chi connectivity index (χ3n) is 8.66. The van der Waals surface area contributed by atoms with Crippen LogP contribution in [0.2, 0.25) is 0 Å². The molecule has 1 spiro atoms. The lowest BCUT2D eigenvalue weighted by Gasteiger charge is -2.54. The second-order valence-corrected chi connectivity index (χ2v) is 9.27. The van der Waals surface area contributed by atoms with Crippen molar-refractivity contribution in [3.8, 4) is 0 Å². The Labute approximate surface area is 142 Å². The summed E-state index contributed by atoms with van der Waals surface area (Å²) in [5.41, 5.74) is 0.803. The zero-order chi connectivity index (χ0) is 16.2. The Balaban J connectivity index is 0.000000652. The van der Waals surface area contributed by atoms with Gasteiger partial charge in [-0.25, -0.2) is 0 Å². The second-order valence-electron chi connectivity index (χ2n) is 9.27. The van der Waals surface area contributed by atoms with Crippen molar-refractivity contribution in [2.45, 2.75) is 90.3 Å². The van der Waals surface area contributed by atoms with Crippen molar-refractivity contribution in [1.82, 2.24) is 0 Å². The molecule has 8 atom stereocenters. The van der Waals surface area contributed by atoms with E-state index in [1.807, 2.05) is 13.8 Å². The van der Waals surface area contributed by atoms with E-state index in [1.165, 1.54) is 44.9 Å². The molecule has 5 fully saturated rings. The maximum Gasteiger partial charge on any atom is 0.0972 e. The van der Waals surface area contributed by atoms with Crippen LogP contribution in [0.15, 0.2) is 0 Å². The van der Waals surface area contributed by atoms with E-state index in [4.69, 9.17) is 4.74 Å². The van der Waals surface area contributed by atoms with Crippen LogP contribution in [-0.2, 0) is 4.74 Å². The minimum atomic E-state index is 0.00581. The van der Waals surface area contributed by atoms with Crippen molar-refractivity contribution in [3.05, 3.63) is 0 Å². The number of hydrogen-bond acceptors (Lipinski definition) is 2. The summed E-state index contributed by atoms with van der Waals surface area (Å²) in [5.74, 6) is 4.64. The standard InChI is InChI=1S/C19H30O2.C2H6/c1-18-6-4-13-8-14-9-15(20)3-2-12(14)10-16(13)17(18)5-7-19(18)11-21-19;1-2/h12-17,20H,2-11H2,1H3;1-2H3/t12-,13+,14+,15-,16+,17-,18-,19+;/m0./s1. The molecule has 1 heterocycles. The number of rotatable bonds is 0. The molecule has 23 heavy (non-hydrogen) atoms. The molecule has 2 heteroatoms. The van der Waals surface area contributed by atoms with Crippen molar-refractivity contribution >= 4 is 0 Å². The van der Waals surface area contributed by atoms with E-state index in [-0.39, 0.29) is 6.10 Å². The van der Waals surface area contributed by atoms with Gasteiger partial charge in [0, 0.05) is 5.41 Å². The molecule has 0 bridgehead atoms. The number of fused-ring (bicyclic) bond motifs is 5. The second kappa shape index (κ2) is 5.73. The molecule has 5 aliphatic rings. The summed E-state index contributed by atoms with van der Waals surface area (Å²) in [6.07, 6.45) is 12.0. The summed E-state index contributed by atoms with van der Waals surface area (Å²) in [7, 11) is 0. The normalized spacial score (nSPS) is 56.9. The molecule has 0 aromatic heterocycles. The van der Waals surface area contributed by atoms with E-state index in [2.05, 4.69) is 6.92 Å². The highest BCUT2D eigenvalue weighted by Gasteiger charge is 2.68. The summed E-state index contributed by atoms with van der Waals surface area (Å²) >= 11 is 0. The van der Waals surface area contributed by atoms with Crippen LogP contribution in [0.3, 0.4) is 0 Å². The van der Waals surface area contributed by atoms with Crippen LogP contribution in [0.1, 0.15) is 78.6 Å². The van der Waals surface area contributed by atoms with E-state index < -0.39 is 0 Å². The van der Waals surface area contributed by atoms with Crippen LogP contribution in [0.4, 0.5) is 0 Å². The van der Waals surface area contributed by atoms with Crippen LogP contribution in [0, 0.1) is 35.0 Å². The molecule has 1 N–H and O–H groups in total. The molecule has 2 nitrogen and oxygen atoms in total. The van der Waals surface area contributed by atoms with Crippen LogP contribution in [0.25, 0.3) is 0 Å². The van der Waals surface area contributed by atoms with Crippen molar-refractivity contribution in [2.75, 3.05) is 6.61 Å². The first-order valence-electron chi connectivity index (χ1n) is 10.4. The lowest BCUT2D eigenvalue weighted by molar-refractivity contribution is -0.0661. The van der Waals surface area contributed by atoms with Gasteiger partial charge in [-0.1, -0.05) is 20.8 Å². The number of epoxide rings is 1. The fourth-order valence-corrected chi connectivity index (χ4v) is 7.31. The lowest BCUT2D eigenvalue weighted by atomic mass is 9.51. The van der Waals surface area contributed by atoms with Gasteiger partial charge in [-0.05, 0) is 87.4 Å². The molecule has 0 unspecified atom stereocenters. The largest absolute Gasteiger partial charge is 0.393 e. The molecule has 0 aromatic carbocycles. The smallest absolute Gasteiger partial charge is 0.0972 e. The summed E-state index contributed by atoms with van der Waals surface area (Å²) in [6, 6.07) is 0. The zero-order valence-electron chi connectivity index (χ0n) is 15.4. The van der Waals surface area contributed by atoms with Gasteiger partial charge in [0.25, 0.3) is 0 Å². The Bertz CT molecular complexity index is 443. The molecule has 4 aliphatic carbocycles. The molecule has 1 aliphatic heterocycles. The van der Waals surface area contributed by atoms with E-state index >= 15 is 0 Å². The van der Waals surface area contributed by atoms with Gasteiger partial charge < -0.3 is 9.84 Å². The van der Waals surface area contributed by atoms with Crippen LogP contribution >= 0.6 is 0 Å². The van der Waals surface area contributed by atoms with Gasteiger partial charge in [0.15, 0.2) is 0 Å². The third kappa shape index (κ3) is 2.34. The fourth-order valence-electron chi connectivity index (χ4n) is 7.31. The first-order valence-corrected chi connectivity index (χ1v) is 10.4. The third-order valence-corrected chi connectivity index (χ3v) is 8.66. The Morgan fingerprint density at radius 1 is 0.870 bits per heavy atom. The van der Waals surface area contributed by atoms with E-state index in [9.17, 15) is 5.11 Å². The topological polar surface area (TPSA) is 32.8 Å². The van der Waals surface area contributed by atoms with Gasteiger partial charge >= 0.3 is 0 Å². The summed E-state index contributed by atoms with van der Waals surface area (Å²) < 4.78 is 6.00. The molecule has 5 rings (SSSR count). The molecular weight excluding hydrogens is 284 g/mol. The predicted octanol–water partition coefficient (Wildman–Crippen LogP) is 4.80. The Hall–Kier alpha value is -0.0800. The Morgan fingerprint density at radius 3 is 2.39 bits per heavy atom. The highest BCUT2D eigenvalue weighted by atomic mass is 16.6. The molecule has 132 valence electrons. The van der Waals surface area contributed by atoms with E-state index in [0.29, 0.717) is 11.0 Å². The molecule has 1 saturated heterocycles. The summed E-state index contributed by atoms with van der Waals surface area (Å²) in [6.45, 7) is 7.61. The van der Waals surface area contributed by atoms with E-state index in [0.717, 1.165) is 49.0 Å². The summed E-state index contributed by atoms with van der Waals surface area (Å²) in [4.78, 5) is 0. The SMILES string of the molecule is CC.C[C@]12CC[C@@H]3C[C@@H]4C[C@@H](O)CC[C@H]4C[C@H]3[C@@H]1CC[C@@]21CO1. The fraction of sp³-hybridized carbons (Fsp3) is 1.00. The molecule has 0 radical (unpaired) electrons. The molecule has 0 aromatic rings. The maximum atomic E-state index is 10.00. The zero-order valence-corrected chi connectivity index (χ0v) is 15.4. The Morgan fingerprint density at radius 2 is 1.65 bits per heavy atom. The van der Waals surface area contributed by atoms with Gasteiger partial charge in [0.2, 0.25) is 0 Å². The number of hydrogen-bond donors (Lipinski definition) is 1. The van der Waals surface area contributed by atoms with Gasteiger partial charge in [-0.2, -0.15) is 0 Å². The van der Waals surface area contributed by atoms with Crippen molar-refractivity contribution < 1.29 is 9.84 Å². The quantitative estimate of drug-likeness (QED) is 0.651. The van der Waals surface area contributed by atoms with Gasteiger partial charge in [-0.3, -0.25) is 0 Å². The maximum absolute atomic E-state index is 10.00. The first-order chi connectivity index (χ1) is 11.1. The van der Waals surface area contributed by atoms with Crippen molar-refractivity contribution in [2.24, 2.45) is 35.0 Å². The van der Waals surface area contributed by atoms with Gasteiger partial charge in [0.05, 0.1) is 18.3 Å². The predicted molar refractivity (Wildman–Crippen MR) is 93.1 cm³/mol. The lowest BCUT2D eigenvalue weighted by Crippen LogP contribution is -2.49.